The highest BCUT2D eigenvalue weighted by Gasteiger charge is 2.18. The highest BCUT2D eigenvalue weighted by atomic mass is 32.2. The van der Waals surface area contributed by atoms with E-state index in [0.29, 0.717) is 16.9 Å². The number of rotatable bonds is 6. The molecule has 1 N–H and O–H groups in total. The number of hydrogen-bond acceptors (Lipinski definition) is 6. The highest BCUT2D eigenvalue weighted by molar-refractivity contribution is 7.99. The van der Waals surface area contributed by atoms with Gasteiger partial charge in [-0.3, -0.25) is 9.48 Å². The second-order valence-corrected chi connectivity index (χ2v) is 6.74. The van der Waals surface area contributed by atoms with Crippen molar-refractivity contribution in [3.63, 3.8) is 0 Å². The highest BCUT2D eigenvalue weighted by Crippen LogP contribution is 2.29. The van der Waals surface area contributed by atoms with Crippen LogP contribution in [0.1, 0.15) is 5.56 Å². The molecule has 0 unspecified atom stereocenters. The molecule has 0 saturated heterocycles. The summed E-state index contributed by atoms with van der Waals surface area (Å²) >= 11 is 1.32. The van der Waals surface area contributed by atoms with Gasteiger partial charge in [-0.1, -0.05) is 23.9 Å². The number of benzene rings is 1. The van der Waals surface area contributed by atoms with Gasteiger partial charge in [-0.15, -0.1) is 15.3 Å². The Kier molecular flexibility index (Phi) is 5.27. The fraction of sp³-hybridized carbons (Fsp3) is 0.294. The lowest BCUT2D eigenvalue weighted by Gasteiger charge is -2.06. The molecular formula is C17H20N6O2S. The van der Waals surface area contributed by atoms with E-state index in [1.165, 1.54) is 11.8 Å². The van der Waals surface area contributed by atoms with Gasteiger partial charge in [0, 0.05) is 26.0 Å². The summed E-state index contributed by atoms with van der Waals surface area (Å²) < 4.78 is 8.76. The molecule has 0 aliphatic heterocycles. The van der Waals surface area contributed by atoms with Crippen molar-refractivity contribution in [2.24, 2.45) is 14.1 Å². The van der Waals surface area contributed by atoms with Crippen LogP contribution in [-0.2, 0) is 18.9 Å². The molecule has 26 heavy (non-hydrogen) atoms. The van der Waals surface area contributed by atoms with Crippen molar-refractivity contribution >= 4 is 23.4 Å². The number of nitrogens with one attached hydrogen (secondary N) is 1. The zero-order valence-corrected chi connectivity index (χ0v) is 15.9. The molecule has 0 spiro atoms. The fourth-order valence-electron chi connectivity index (χ4n) is 2.50. The molecule has 0 saturated carbocycles. The quantitative estimate of drug-likeness (QED) is 0.668. The molecule has 3 rings (SSSR count). The Bertz CT molecular complexity index is 933. The third-order valence-electron chi connectivity index (χ3n) is 3.70. The van der Waals surface area contributed by atoms with E-state index in [4.69, 9.17) is 4.74 Å². The molecular weight excluding hydrogens is 352 g/mol. The maximum Gasteiger partial charge on any atom is 0.243 e. The summed E-state index contributed by atoms with van der Waals surface area (Å²) in [5.74, 6) is 1.27. The maximum absolute atomic E-state index is 12.2. The summed E-state index contributed by atoms with van der Waals surface area (Å²) in [6.07, 6.45) is 1.82. The summed E-state index contributed by atoms with van der Waals surface area (Å²) in [5, 5.41) is 16.1. The third kappa shape index (κ3) is 3.88. The molecule has 136 valence electrons. The number of hydrogen-bond donors (Lipinski definition) is 1. The lowest BCUT2D eigenvalue weighted by Crippen LogP contribution is -2.14. The topological polar surface area (TPSA) is 86.9 Å². The van der Waals surface area contributed by atoms with Gasteiger partial charge in [0.2, 0.25) is 11.8 Å². The van der Waals surface area contributed by atoms with Crippen molar-refractivity contribution in [3.8, 4) is 17.3 Å². The number of anilines is 1. The molecule has 0 aliphatic carbocycles. The number of thioether (sulfide) groups is 1. The number of amides is 1. The lowest BCUT2D eigenvalue weighted by molar-refractivity contribution is -0.113. The average Bonchev–Trinajstić information content (AvgIpc) is 3.15. The molecule has 1 amide bonds. The van der Waals surface area contributed by atoms with Gasteiger partial charge < -0.3 is 14.6 Å². The van der Waals surface area contributed by atoms with Crippen molar-refractivity contribution in [3.05, 3.63) is 36.0 Å². The predicted molar refractivity (Wildman–Crippen MR) is 100 cm³/mol. The number of carbonyl (C=O) groups is 1. The Balaban J connectivity index is 1.68. The van der Waals surface area contributed by atoms with E-state index in [-0.39, 0.29) is 11.7 Å². The largest absolute Gasteiger partial charge is 0.479 e. The zero-order chi connectivity index (χ0) is 18.7. The van der Waals surface area contributed by atoms with Gasteiger partial charge in [0.05, 0.1) is 12.9 Å². The van der Waals surface area contributed by atoms with Crippen LogP contribution in [-0.4, -0.2) is 43.3 Å². The van der Waals surface area contributed by atoms with Crippen LogP contribution in [0, 0.1) is 6.92 Å². The Labute approximate surface area is 155 Å². The van der Waals surface area contributed by atoms with E-state index in [2.05, 4.69) is 20.6 Å². The van der Waals surface area contributed by atoms with Crippen LogP contribution >= 0.6 is 11.8 Å². The summed E-state index contributed by atoms with van der Waals surface area (Å²) in [7, 11) is 5.23. The number of carbonyl (C=O) groups excluding carboxylic acids is 1. The molecule has 8 nitrogen and oxygen atoms in total. The summed E-state index contributed by atoms with van der Waals surface area (Å²) in [4.78, 5) is 12.2. The van der Waals surface area contributed by atoms with Crippen molar-refractivity contribution < 1.29 is 9.53 Å². The van der Waals surface area contributed by atoms with Crippen LogP contribution in [0.3, 0.4) is 0 Å². The van der Waals surface area contributed by atoms with Gasteiger partial charge in [0.15, 0.2) is 11.0 Å². The van der Waals surface area contributed by atoms with Gasteiger partial charge in [0.1, 0.15) is 5.56 Å². The molecule has 0 fully saturated rings. The van der Waals surface area contributed by atoms with Gasteiger partial charge in [-0.2, -0.15) is 0 Å². The minimum atomic E-state index is -0.0934. The maximum atomic E-state index is 12.2. The molecule has 1 aromatic carbocycles. The lowest BCUT2D eigenvalue weighted by atomic mass is 10.2. The molecule has 3 aromatic rings. The van der Waals surface area contributed by atoms with E-state index in [1.54, 1.807) is 11.8 Å². The number of ether oxygens (including phenoxy) is 1. The molecule has 0 bridgehead atoms. The Morgan fingerprint density at radius 1 is 1.31 bits per heavy atom. The second kappa shape index (κ2) is 7.61. The number of methoxy groups -OCH3 is 1. The zero-order valence-electron chi connectivity index (χ0n) is 15.1. The predicted octanol–water partition coefficient (Wildman–Crippen LogP) is 2.26. The average molecular weight is 372 g/mol. The van der Waals surface area contributed by atoms with Crippen molar-refractivity contribution in [1.82, 2.24) is 24.5 Å². The van der Waals surface area contributed by atoms with Crippen molar-refractivity contribution in [2.75, 3.05) is 18.2 Å². The SMILES string of the molecule is COc1nn(C)cc1-c1nnc(SCC(=O)Nc2cccc(C)c2)n1C. The summed E-state index contributed by atoms with van der Waals surface area (Å²) in [6.45, 7) is 1.98. The van der Waals surface area contributed by atoms with E-state index in [0.717, 1.165) is 16.8 Å². The fourth-order valence-corrected chi connectivity index (χ4v) is 3.21. The van der Waals surface area contributed by atoms with Gasteiger partial charge in [-0.25, -0.2) is 0 Å². The molecule has 0 atom stereocenters. The normalized spacial score (nSPS) is 10.8. The van der Waals surface area contributed by atoms with Crippen molar-refractivity contribution in [1.29, 1.82) is 0 Å². The Morgan fingerprint density at radius 2 is 2.12 bits per heavy atom. The van der Waals surface area contributed by atoms with Gasteiger partial charge in [-0.05, 0) is 24.6 Å². The van der Waals surface area contributed by atoms with E-state index in [1.807, 2.05) is 56.0 Å². The summed E-state index contributed by atoms with van der Waals surface area (Å²) in [5.41, 5.74) is 2.63. The van der Waals surface area contributed by atoms with Gasteiger partial charge >= 0.3 is 0 Å². The van der Waals surface area contributed by atoms with Crippen LogP contribution in [0.2, 0.25) is 0 Å². The van der Waals surface area contributed by atoms with Crippen molar-refractivity contribution in [2.45, 2.75) is 12.1 Å². The van der Waals surface area contributed by atoms with E-state index < -0.39 is 0 Å². The van der Waals surface area contributed by atoms with Gasteiger partial charge in [0.25, 0.3) is 0 Å². The summed E-state index contributed by atoms with van der Waals surface area (Å²) in [6, 6.07) is 7.69. The Hall–Kier alpha value is -2.81. The molecule has 2 heterocycles. The van der Waals surface area contributed by atoms with Crippen LogP contribution in [0.25, 0.3) is 11.4 Å². The first-order chi connectivity index (χ1) is 12.5. The van der Waals surface area contributed by atoms with E-state index >= 15 is 0 Å². The molecule has 2 aromatic heterocycles. The number of aromatic nitrogens is 5. The molecule has 0 aliphatic rings. The number of aryl methyl sites for hydroxylation is 2. The smallest absolute Gasteiger partial charge is 0.243 e. The van der Waals surface area contributed by atoms with Crippen LogP contribution in [0.4, 0.5) is 5.69 Å². The first kappa shape index (κ1) is 18.0. The minimum Gasteiger partial charge on any atom is -0.479 e. The minimum absolute atomic E-state index is 0.0934. The number of nitrogens with zero attached hydrogens (tertiary/aromatic N) is 5. The van der Waals surface area contributed by atoms with Crippen LogP contribution < -0.4 is 10.1 Å². The standard InChI is InChI=1S/C17H20N6O2S/c1-11-6-5-7-12(8-11)18-14(24)10-26-17-20-19-15(23(17)3)13-9-22(2)21-16(13)25-4/h5-9H,10H2,1-4H3,(H,18,24). The monoisotopic (exact) mass is 372 g/mol. The Morgan fingerprint density at radius 3 is 2.85 bits per heavy atom. The van der Waals surface area contributed by atoms with E-state index in [9.17, 15) is 4.79 Å². The second-order valence-electron chi connectivity index (χ2n) is 5.80. The van der Waals surface area contributed by atoms with Crippen LogP contribution in [0.5, 0.6) is 5.88 Å². The van der Waals surface area contributed by atoms with Crippen LogP contribution in [0.15, 0.2) is 35.6 Å². The molecule has 9 heteroatoms. The molecule has 0 radical (unpaired) electrons. The first-order valence-electron chi connectivity index (χ1n) is 7.94. The third-order valence-corrected chi connectivity index (χ3v) is 4.72. The first-order valence-corrected chi connectivity index (χ1v) is 8.93.